The zero-order valence-corrected chi connectivity index (χ0v) is 11.4. The largest absolute Gasteiger partial charge is 0.467 e. The van der Waals surface area contributed by atoms with E-state index in [2.05, 4.69) is 15.4 Å². The molecule has 0 aromatic carbocycles. The van der Waals surface area contributed by atoms with Crippen LogP contribution >= 0.6 is 0 Å². The first kappa shape index (κ1) is 15.9. The van der Waals surface area contributed by atoms with Crippen LogP contribution in [0, 0.1) is 11.8 Å². The number of carbonyl (C=O) groups excluding carboxylic acids is 2. The van der Waals surface area contributed by atoms with Crippen LogP contribution in [0.3, 0.4) is 0 Å². The molecule has 0 heterocycles. The van der Waals surface area contributed by atoms with E-state index in [0.717, 1.165) is 6.54 Å². The maximum absolute atomic E-state index is 11.8. The van der Waals surface area contributed by atoms with Gasteiger partial charge in [0.15, 0.2) is 0 Å². The molecule has 0 aliphatic rings. The minimum absolute atomic E-state index is 0.0118. The first-order valence-corrected chi connectivity index (χ1v) is 6.02. The van der Waals surface area contributed by atoms with Crippen LogP contribution in [-0.4, -0.2) is 38.1 Å². The highest BCUT2D eigenvalue weighted by Crippen LogP contribution is 2.05. The van der Waals surface area contributed by atoms with Gasteiger partial charge in [-0.05, 0) is 12.5 Å². The molecule has 0 fully saturated rings. The van der Waals surface area contributed by atoms with Crippen molar-refractivity contribution in [1.82, 2.24) is 10.6 Å². The Kier molecular flexibility index (Phi) is 7.54. The van der Waals surface area contributed by atoms with Gasteiger partial charge in [-0.3, -0.25) is 4.79 Å². The van der Waals surface area contributed by atoms with Crippen molar-refractivity contribution in [2.24, 2.45) is 11.8 Å². The van der Waals surface area contributed by atoms with E-state index in [4.69, 9.17) is 0 Å². The number of esters is 1. The zero-order chi connectivity index (χ0) is 13.4. The van der Waals surface area contributed by atoms with Crippen molar-refractivity contribution in [3.05, 3.63) is 0 Å². The Hall–Kier alpha value is -1.10. The van der Waals surface area contributed by atoms with Crippen LogP contribution in [0.4, 0.5) is 0 Å². The number of rotatable bonds is 7. The summed E-state index contributed by atoms with van der Waals surface area (Å²) in [5.41, 5.74) is 0. The Balaban J connectivity index is 4.35. The number of carbonyl (C=O) groups is 2. The summed E-state index contributed by atoms with van der Waals surface area (Å²) < 4.78 is 4.67. The van der Waals surface area contributed by atoms with Gasteiger partial charge in [-0.25, -0.2) is 4.79 Å². The number of hydrogen-bond acceptors (Lipinski definition) is 4. The molecule has 5 heteroatoms. The van der Waals surface area contributed by atoms with Crippen molar-refractivity contribution >= 4 is 11.9 Å². The summed E-state index contributed by atoms with van der Waals surface area (Å²) >= 11 is 0. The SMILES string of the molecule is CCNCC(C)C(=O)NC(C(=O)OC)C(C)C. The molecular formula is C12H24N2O3. The Labute approximate surface area is 103 Å². The molecule has 0 saturated heterocycles. The highest BCUT2D eigenvalue weighted by molar-refractivity contribution is 5.85. The van der Waals surface area contributed by atoms with Gasteiger partial charge in [-0.1, -0.05) is 27.7 Å². The van der Waals surface area contributed by atoms with Crippen molar-refractivity contribution in [1.29, 1.82) is 0 Å². The van der Waals surface area contributed by atoms with E-state index in [0.29, 0.717) is 6.54 Å². The number of ether oxygens (including phenoxy) is 1. The van der Waals surface area contributed by atoms with E-state index >= 15 is 0 Å². The van der Waals surface area contributed by atoms with Crippen LogP contribution in [0.25, 0.3) is 0 Å². The molecule has 2 N–H and O–H groups in total. The summed E-state index contributed by atoms with van der Waals surface area (Å²) in [6, 6.07) is -0.573. The summed E-state index contributed by atoms with van der Waals surface area (Å²) in [5, 5.41) is 5.82. The monoisotopic (exact) mass is 244 g/mol. The van der Waals surface area contributed by atoms with Crippen molar-refractivity contribution in [2.45, 2.75) is 33.7 Å². The van der Waals surface area contributed by atoms with Gasteiger partial charge in [0.25, 0.3) is 0 Å². The molecule has 0 aliphatic heterocycles. The van der Waals surface area contributed by atoms with E-state index in [1.54, 1.807) is 0 Å². The topological polar surface area (TPSA) is 67.4 Å². The molecule has 17 heavy (non-hydrogen) atoms. The quantitative estimate of drug-likeness (QED) is 0.642. The molecule has 0 aliphatic carbocycles. The van der Waals surface area contributed by atoms with Crippen LogP contribution in [0.15, 0.2) is 0 Å². The third-order valence-electron chi connectivity index (χ3n) is 2.57. The number of nitrogens with one attached hydrogen (secondary N) is 2. The van der Waals surface area contributed by atoms with Crippen LogP contribution in [-0.2, 0) is 14.3 Å². The predicted molar refractivity (Wildman–Crippen MR) is 66.5 cm³/mol. The summed E-state index contributed by atoms with van der Waals surface area (Å²) in [4.78, 5) is 23.3. The smallest absolute Gasteiger partial charge is 0.328 e. The molecule has 0 rings (SSSR count). The fourth-order valence-corrected chi connectivity index (χ4v) is 1.37. The van der Waals surface area contributed by atoms with E-state index < -0.39 is 12.0 Å². The van der Waals surface area contributed by atoms with E-state index in [1.807, 2.05) is 27.7 Å². The second-order valence-electron chi connectivity index (χ2n) is 4.46. The second kappa shape index (κ2) is 8.06. The van der Waals surface area contributed by atoms with Gasteiger partial charge in [-0.2, -0.15) is 0 Å². The second-order valence-corrected chi connectivity index (χ2v) is 4.46. The third-order valence-corrected chi connectivity index (χ3v) is 2.57. The minimum Gasteiger partial charge on any atom is -0.467 e. The lowest BCUT2D eigenvalue weighted by Gasteiger charge is -2.22. The number of hydrogen-bond donors (Lipinski definition) is 2. The molecule has 0 radical (unpaired) electrons. The Morgan fingerprint density at radius 3 is 2.24 bits per heavy atom. The maximum atomic E-state index is 11.8. The predicted octanol–water partition coefficient (Wildman–Crippen LogP) is 0.546. The summed E-state index contributed by atoms with van der Waals surface area (Å²) in [6.45, 7) is 8.98. The molecule has 0 bridgehead atoms. The maximum Gasteiger partial charge on any atom is 0.328 e. The van der Waals surface area contributed by atoms with Crippen LogP contribution < -0.4 is 10.6 Å². The van der Waals surface area contributed by atoms with Gasteiger partial charge >= 0.3 is 5.97 Å². The Morgan fingerprint density at radius 2 is 1.82 bits per heavy atom. The van der Waals surface area contributed by atoms with Gasteiger partial charge < -0.3 is 15.4 Å². The van der Waals surface area contributed by atoms with Gasteiger partial charge in [-0.15, -0.1) is 0 Å². The third kappa shape index (κ3) is 5.68. The number of amides is 1. The van der Waals surface area contributed by atoms with Crippen LogP contribution in [0.1, 0.15) is 27.7 Å². The lowest BCUT2D eigenvalue weighted by atomic mass is 10.0. The summed E-state index contributed by atoms with van der Waals surface area (Å²) in [7, 11) is 1.33. The van der Waals surface area contributed by atoms with Gasteiger partial charge in [0, 0.05) is 12.5 Å². The molecule has 2 atom stereocenters. The zero-order valence-electron chi connectivity index (χ0n) is 11.4. The highest BCUT2D eigenvalue weighted by Gasteiger charge is 2.26. The summed E-state index contributed by atoms with van der Waals surface area (Å²) in [5.74, 6) is -0.683. The molecule has 0 aromatic rings. The molecule has 1 amide bonds. The molecule has 0 aromatic heterocycles. The van der Waals surface area contributed by atoms with Crippen molar-refractivity contribution < 1.29 is 14.3 Å². The van der Waals surface area contributed by atoms with Gasteiger partial charge in [0.2, 0.25) is 5.91 Å². The molecular weight excluding hydrogens is 220 g/mol. The van der Waals surface area contributed by atoms with Crippen LogP contribution in [0.2, 0.25) is 0 Å². The van der Waals surface area contributed by atoms with Crippen molar-refractivity contribution in [2.75, 3.05) is 20.2 Å². The first-order chi connectivity index (χ1) is 7.93. The van der Waals surface area contributed by atoms with E-state index in [9.17, 15) is 9.59 Å². The van der Waals surface area contributed by atoms with Gasteiger partial charge in [0.05, 0.1) is 7.11 Å². The standard InChI is InChI=1S/C12H24N2O3/c1-6-13-7-9(4)11(15)14-10(8(2)3)12(16)17-5/h8-10,13H,6-7H2,1-5H3,(H,14,15). The number of methoxy groups -OCH3 is 1. The minimum atomic E-state index is -0.573. The summed E-state index contributed by atoms with van der Waals surface area (Å²) in [6.07, 6.45) is 0. The molecule has 100 valence electrons. The lowest BCUT2D eigenvalue weighted by molar-refractivity contribution is -0.146. The molecule has 0 saturated carbocycles. The average Bonchev–Trinajstić information content (AvgIpc) is 2.31. The average molecular weight is 244 g/mol. The van der Waals surface area contributed by atoms with Crippen LogP contribution in [0.5, 0.6) is 0 Å². The fourth-order valence-electron chi connectivity index (χ4n) is 1.37. The van der Waals surface area contributed by atoms with E-state index in [1.165, 1.54) is 7.11 Å². The van der Waals surface area contributed by atoms with Crippen molar-refractivity contribution in [3.8, 4) is 0 Å². The van der Waals surface area contributed by atoms with Gasteiger partial charge in [0.1, 0.15) is 6.04 Å². The lowest BCUT2D eigenvalue weighted by Crippen LogP contribution is -2.48. The Morgan fingerprint density at radius 1 is 1.24 bits per heavy atom. The van der Waals surface area contributed by atoms with E-state index in [-0.39, 0.29) is 17.7 Å². The fraction of sp³-hybridized carbons (Fsp3) is 0.833. The molecule has 5 nitrogen and oxygen atoms in total. The highest BCUT2D eigenvalue weighted by atomic mass is 16.5. The molecule has 0 spiro atoms. The Bertz CT molecular complexity index is 254. The molecule has 2 unspecified atom stereocenters. The normalized spacial score (nSPS) is 14.2. The first-order valence-electron chi connectivity index (χ1n) is 6.02. The van der Waals surface area contributed by atoms with Crippen molar-refractivity contribution in [3.63, 3.8) is 0 Å².